The standard InChI is InChI=1S/C32H37F2N5OS/c33-23-8-13-38(14-9-23)12-2-11-36-31(40)25-18-30-29(17-22(25)15-20-4-5-20)39-19-28(37-32(39)41-30)24-7-6-21(16-26(24)34)27-3-1-10-35-27/h6-7,16-20,23,27,35H,1-5,8-15H2,(H,36,40). The Morgan fingerprint density at radius 3 is 2.73 bits per heavy atom. The highest BCUT2D eigenvalue weighted by Gasteiger charge is 2.26. The zero-order chi connectivity index (χ0) is 27.9. The first-order valence-electron chi connectivity index (χ1n) is 15.1. The molecule has 1 aliphatic carbocycles. The number of benzene rings is 2. The molecular formula is C32H37F2N5OS. The third kappa shape index (κ3) is 5.76. The molecule has 0 spiro atoms. The number of alkyl halides is 1. The number of thiazole rings is 1. The van der Waals surface area contributed by atoms with Crippen LogP contribution in [0.3, 0.4) is 0 Å². The van der Waals surface area contributed by atoms with E-state index in [1.807, 2.05) is 28.8 Å². The molecule has 2 N–H and O–H groups in total. The number of halogens is 2. The summed E-state index contributed by atoms with van der Waals surface area (Å²) < 4.78 is 31.6. The largest absolute Gasteiger partial charge is 0.352 e. The number of nitrogens with zero attached hydrogens (tertiary/aromatic N) is 3. The summed E-state index contributed by atoms with van der Waals surface area (Å²) >= 11 is 1.53. The fourth-order valence-corrected chi connectivity index (χ4v) is 7.41. The molecule has 2 saturated heterocycles. The molecule has 2 aromatic carbocycles. The minimum atomic E-state index is -0.663. The first kappa shape index (κ1) is 27.0. The Hall–Kier alpha value is -2.88. The van der Waals surface area contributed by atoms with Gasteiger partial charge >= 0.3 is 0 Å². The molecule has 4 aromatic rings. The number of amides is 1. The Balaban J connectivity index is 1.10. The van der Waals surface area contributed by atoms with Gasteiger partial charge in [0.1, 0.15) is 12.0 Å². The van der Waals surface area contributed by atoms with E-state index in [9.17, 15) is 9.18 Å². The SMILES string of the molecule is O=C(NCCCN1CCC(F)CC1)c1cc2sc3nc(-c4ccc(C5CCCN5)cc4F)cn3c2cc1CC1CC1. The average molecular weight is 578 g/mol. The van der Waals surface area contributed by atoms with E-state index in [1.165, 1.54) is 24.2 Å². The van der Waals surface area contributed by atoms with Crippen LogP contribution in [-0.2, 0) is 6.42 Å². The normalized spacial score (nSPS) is 20.4. The van der Waals surface area contributed by atoms with E-state index in [-0.39, 0.29) is 17.8 Å². The Morgan fingerprint density at radius 2 is 1.98 bits per heavy atom. The van der Waals surface area contributed by atoms with Crippen LogP contribution in [0.1, 0.15) is 72.5 Å². The van der Waals surface area contributed by atoms with Crippen molar-refractivity contribution >= 4 is 32.4 Å². The Labute approximate surface area is 243 Å². The molecule has 1 amide bonds. The van der Waals surface area contributed by atoms with E-state index >= 15 is 4.39 Å². The molecule has 7 rings (SSSR count). The van der Waals surface area contributed by atoms with Gasteiger partial charge in [-0.05, 0) is 106 Å². The Kier molecular flexibility index (Phi) is 7.52. The molecule has 1 atom stereocenters. The van der Waals surface area contributed by atoms with E-state index in [4.69, 9.17) is 4.98 Å². The van der Waals surface area contributed by atoms with Crippen molar-refractivity contribution in [2.24, 2.45) is 5.92 Å². The van der Waals surface area contributed by atoms with Crippen LogP contribution in [0.5, 0.6) is 0 Å². The summed E-state index contributed by atoms with van der Waals surface area (Å²) in [7, 11) is 0. The summed E-state index contributed by atoms with van der Waals surface area (Å²) in [6, 6.07) is 9.89. The van der Waals surface area contributed by atoms with Crippen molar-refractivity contribution in [3.8, 4) is 11.3 Å². The van der Waals surface area contributed by atoms with Crippen LogP contribution in [0.15, 0.2) is 36.5 Å². The van der Waals surface area contributed by atoms with Crippen LogP contribution in [-0.4, -0.2) is 59.1 Å². The smallest absolute Gasteiger partial charge is 0.251 e. The zero-order valence-electron chi connectivity index (χ0n) is 23.3. The minimum absolute atomic E-state index is 0.0318. The number of carbonyl (C=O) groups excluding carboxylic acids is 1. The van der Waals surface area contributed by atoms with Crippen LogP contribution in [0.2, 0.25) is 0 Å². The van der Waals surface area contributed by atoms with Gasteiger partial charge in [0, 0.05) is 43.0 Å². The van der Waals surface area contributed by atoms with Gasteiger partial charge in [0.2, 0.25) is 0 Å². The topological polar surface area (TPSA) is 61.7 Å². The molecule has 0 radical (unpaired) electrons. The highest BCUT2D eigenvalue weighted by atomic mass is 32.1. The van der Waals surface area contributed by atoms with Crippen molar-refractivity contribution in [3.63, 3.8) is 0 Å². The van der Waals surface area contributed by atoms with Crippen LogP contribution in [0.25, 0.3) is 26.4 Å². The minimum Gasteiger partial charge on any atom is -0.352 e. The quantitative estimate of drug-likeness (QED) is 0.230. The van der Waals surface area contributed by atoms with Crippen molar-refractivity contribution in [3.05, 3.63) is 59.0 Å². The molecule has 216 valence electrons. The first-order valence-corrected chi connectivity index (χ1v) is 16.0. The third-order valence-electron chi connectivity index (χ3n) is 8.95. The molecule has 2 aromatic heterocycles. The Morgan fingerprint density at radius 1 is 1.12 bits per heavy atom. The molecule has 4 heterocycles. The molecular weight excluding hydrogens is 540 g/mol. The summed E-state index contributed by atoms with van der Waals surface area (Å²) in [5.41, 5.74) is 4.96. The molecule has 6 nitrogen and oxygen atoms in total. The zero-order valence-corrected chi connectivity index (χ0v) is 24.1. The lowest BCUT2D eigenvalue weighted by Crippen LogP contribution is -2.36. The monoisotopic (exact) mass is 577 g/mol. The predicted molar refractivity (Wildman–Crippen MR) is 160 cm³/mol. The highest BCUT2D eigenvalue weighted by molar-refractivity contribution is 7.23. The van der Waals surface area contributed by atoms with Crippen molar-refractivity contribution in [1.82, 2.24) is 24.9 Å². The molecule has 1 unspecified atom stereocenters. The van der Waals surface area contributed by atoms with Crippen LogP contribution in [0, 0.1) is 11.7 Å². The summed E-state index contributed by atoms with van der Waals surface area (Å²) in [5.74, 6) is 0.356. The Bertz CT molecular complexity index is 1560. The fraction of sp³-hybridized carbons (Fsp3) is 0.500. The molecule has 9 heteroatoms. The van der Waals surface area contributed by atoms with Crippen LogP contribution in [0.4, 0.5) is 8.78 Å². The number of nitrogens with one attached hydrogen (secondary N) is 2. The number of rotatable bonds is 9. The van der Waals surface area contributed by atoms with Gasteiger partial charge in [-0.1, -0.05) is 17.4 Å². The van der Waals surface area contributed by atoms with E-state index in [1.54, 1.807) is 6.07 Å². The van der Waals surface area contributed by atoms with Gasteiger partial charge in [-0.3, -0.25) is 9.20 Å². The number of hydrogen-bond acceptors (Lipinski definition) is 5. The van der Waals surface area contributed by atoms with E-state index in [0.717, 1.165) is 83.7 Å². The molecule has 41 heavy (non-hydrogen) atoms. The second-order valence-electron chi connectivity index (χ2n) is 12.0. The number of fused-ring (bicyclic) bond motifs is 3. The van der Waals surface area contributed by atoms with Crippen molar-refractivity contribution < 1.29 is 13.6 Å². The number of piperidine rings is 1. The average Bonchev–Trinajstić information content (AvgIpc) is 3.33. The number of likely N-dealkylation sites (tertiary alicyclic amines) is 1. The van der Waals surface area contributed by atoms with E-state index < -0.39 is 6.17 Å². The fourth-order valence-electron chi connectivity index (χ4n) is 6.38. The lowest BCUT2D eigenvalue weighted by atomic mass is 10.0. The maximum atomic E-state index is 15.2. The summed E-state index contributed by atoms with van der Waals surface area (Å²) in [6.45, 7) is 4.07. The number of aromatic nitrogens is 2. The van der Waals surface area contributed by atoms with Gasteiger partial charge < -0.3 is 15.5 Å². The number of carbonyl (C=O) groups is 1. The predicted octanol–water partition coefficient (Wildman–Crippen LogP) is 6.29. The number of hydrogen-bond donors (Lipinski definition) is 2. The summed E-state index contributed by atoms with van der Waals surface area (Å²) in [5, 5.41) is 6.57. The van der Waals surface area contributed by atoms with Gasteiger partial charge in [0.05, 0.1) is 15.9 Å². The molecule has 3 aliphatic rings. The van der Waals surface area contributed by atoms with Crippen molar-refractivity contribution in [2.75, 3.05) is 32.7 Å². The van der Waals surface area contributed by atoms with Gasteiger partial charge in [-0.2, -0.15) is 0 Å². The van der Waals surface area contributed by atoms with Crippen LogP contribution >= 0.6 is 11.3 Å². The maximum absolute atomic E-state index is 15.2. The summed E-state index contributed by atoms with van der Waals surface area (Å²) in [4.78, 5) is 21.2. The third-order valence-corrected chi connectivity index (χ3v) is 9.97. The van der Waals surface area contributed by atoms with Gasteiger partial charge in [0.25, 0.3) is 5.91 Å². The van der Waals surface area contributed by atoms with E-state index in [2.05, 4.69) is 21.6 Å². The second-order valence-corrected chi connectivity index (χ2v) is 13.0. The van der Waals surface area contributed by atoms with E-state index in [0.29, 0.717) is 36.6 Å². The lowest BCUT2D eigenvalue weighted by molar-refractivity contribution is 0.0949. The van der Waals surface area contributed by atoms with Crippen molar-refractivity contribution in [2.45, 2.75) is 63.6 Å². The van der Waals surface area contributed by atoms with Gasteiger partial charge in [-0.15, -0.1) is 0 Å². The van der Waals surface area contributed by atoms with Gasteiger partial charge in [0.15, 0.2) is 4.96 Å². The maximum Gasteiger partial charge on any atom is 0.251 e. The lowest BCUT2D eigenvalue weighted by Gasteiger charge is -2.28. The number of imidazole rings is 1. The van der Waals surface area contributed by atoms with Gasteiger partial charge in [-0.25, -0.2) is 13.8 Å². The second kappa shape index (κ2) is 11.4. The highest BCUT2D eigenvalue weighted by Crippen LogP contribution is 2.37. The molecule has 2 aliphatic heterocycles. The molecule has 0 bridgehead atoms. The van der Waals surface area contributed by atoms with Crippen molar-refractivity contribution in [1.29, 1.82) is 0 Å². The van der Waals surface area contributed by atoms with Crippen LogP contribution < -0.4 is 10.6 Å². The molecule has 1 saturated carbocycles. The molecule has 3 fully saturated rings. The first-order chi connectivity index (χ1) is 20.0. The summed E-state index contributed by atoms with van der Waals surface area (Å²) in [6.07, 6.45) is 8.79.